The minimum Gasteiger partial charge on any atom is -0.459 e. The largest absolute Gasteiger partial charge is 0.459 e. The van der Waals surface area contributed by atoms with E-state index in [1.165, 1.54) is 0 Å². The molecule has 0 amide bonds. The fourth-order valence-corrected chi connectivity index (χ4v) is 3.42. The average molecular weight is 330 g/mol. The molecule has 0 spiro atoms. The second-order valence-corrected chi connectivity index (χ2v) is 7.76. The van der Waals surface area contributed by atoms with Crippen LogP contribution in [0.3, 0.4) is 0 Å². The van der Waals surface area contributed by atoms with Crippen LogP contribution in [0.2, 0.25) is 0 Å². The van der Waals surface area contributed by atoms with Crippen molar-refractivity contribution in [2.75, 3.05) is 6.26 Å². The van der Waals surface area contributed by atoms with Crippen LogP contribution >= 0.6 is 11.3 Å². The van der Waals surface area contributed by atoms with E-state index in [-0.39, 0.29) is 21.2 Å². The van der Waals surface area contributed by atoms with Crippen LogP contribution in [0.5, 0.6) is 0 Å². The number of esters is 1. The lowest BCUT2D eigenvalue weighted by Crippen LogP contribution is -2.15. The maximum Gasteiger partial charge on any atom is 0.348 e. The summed E-state index contributed by atoms with van der Waals surface area (Å²) in [6, 6.07) is 0. The Labute approximate surface area is 124 Å². The molecule has 7 nitrogen and oxygen atoms in total. The highest BCUT2D eigenvalue weighted by Crippen LogP contribution is 2.28. The molecule has 0 unspecified atom stereocenters. The molecule has 0 aliphatic carbocycles. The third-order valence-corrected chi connectivity index (χ3v) is 4.72. The van der Waals surface area contributed by atoms with Crippen molar-refractivity contribution in [1.82, 2.24) is 9.97 Å². The van der Waals surface area contributed by atoms with E-state index < -0.39 is 26.5 Å². The van der Waals surface area contributed by atoms with Gasteiger partial charge in [0, 0.05) is 6.26 Å². The molecular formula is C12H14N2O5S2. The van der Waals surface area contributed by atoms with E-state index in [0.29, 0.717) is 5.56 Å². The Morgan fingerprint density at radius 1 is 1.38 bits per heavy atom. The van der Waals surface area contributed by atoms with Crippen LogP contribution in [-0.4, -0.2) is 36.7 Å². The normalized spacial score (nSPS) is 12.0. The molecule has 0 saturated heterocycles. The van der Waals surface area contributed by atoms with Crippen LogP contribution < -0.4 is 5.56 Å². The number of fused-ring (bicyclic) bond motifs is 1. The third-order valence-electron chi connectivity index (χ3n) is 2.66. The Morgan fingerprint density at radius 3 is 2.52 bits per heavy atom. The molecule has 2 aromatic heterocycles. The third kappa shape index (κ3) is 2.98. The summed E-state index contributed by atoms with van der Waals surface area (Å²) in [5.41, 5.74) is -0.146. The molecule has 1 N–H and O–H groups in total. The van der Waals surface area contributed by atoms with E-state index in [9.17, 15) is 18.0 Å². The maximum atomic E-state index is 12.0. The van der Waals surface area contributed by atoms with Crippen molar-refractivity contribution in [3.63, 3.8) is 0 Å². The van der Waals surface area contributed by atoms with Crippen molar-refractivity contribution in [3.05, 3.63) is 20.8 Å². The Bertz CT molecular complexity index is 877. The molecule has 0 bridgehead atoms. The number of thiophene rings is 1. The quantitative estimate of drug-likeness (QED) is 0.671. The van der Waals surface area contributed by atoms with E-state index in [1.807, 2.05) is 0 Å². The summed E-state index contributed by atoms with van der Waals surface area (Å²) in [4.78, 5) is 30.6. The molecule has 0 aliphatic rings. The first-order valence-corrected chi connectivity index (χ1v) is 8.76. The van der Waals surface area contributed by atoms with Crippen LogP contribution in [0.25, 0.3) is 10.2 Å². The zero-order valence-electron chi connectivity index (χ0n) is 11.9. The van der Waals surface area contributed by atoms with Crippen molar-refractivity contribution < 1.29 is 17.9 Å². The summed E-state index contributed by atoms with van der Waals surface area (Å²) < 4.78 is 28.1. The van der Waals surface area contributed by atoms with Crippen molar-refractivity contribution in [2.45, 2.75) is 32.0 Å². The number of rotatable bonds is 3. The lowest BCUT2D eigenvalue weighted by Gasteiger charge is -2.06. The first kappa shape index (κ1) is 15.6. The average Bonchev–Trinajstić information content (AvgIpc) is 2.65. The number of H-pyrrole nitrogens is 1. The molecule has 21 heavy (non-hydrogen) atoms. The lowest BCUT2D eigenvalue weighted by molar-refractivity contribution is 0.0383. The first-order chi connectivity index (χ1) is 9.61. The lowest BCUT2D eigenvalue weighted by atomic mass is 10.2. The molecule has 2 rings (SSSR count). The summed E-state index contributed by atoms with van der Waals surface area (Å²) in [6.07, 6.45) is 0.658. The van der Waals surface area contributed by atoms with E-state index >= 15 is 0 Å². The second-order valence-electron chi connectivity index (χ2n) is 4.83. The summed E-state index contributed by atoms with van der Waals surface area (Å²) in [6.45, 7) is 5.04. The van der Waals surface area contributed by atoms with Gasteiger partial charge < -0.3 is 4.74 Å². The van der Waals surface area contributed by atoms with Gasteiger partial charge in [-0.1, -0.05) is 0 Å². The predicted octanol–water partition coefficient (Wildman–Crippen LogP) is 1.26. The van der Waals surface area contributed by atoms with E-state index in [1.54, 1.807) is 20.8 Å². The smallest absolute Gasteiger partial charge is 0.348 e. The number of hydrogen-bond acceptors (Lipinski definition) is 7. The number of aryl methyl sites for hydroxylation is 1. The van der Waals surface area contributed by atoms with Crippen LogP contribution in [0.1, 0.15) is 29.1 Å². The minimum atomic E-state index is -3.64. The van der Waals surface area contributed by atoms with Gasteiger partial charge in [-0.25, -0.2) is 18.2 Å². The fraction of sp³-hybridized carbons (Fsp3) is 0.417. The maximum absolute atomic E-state index is 12.0. The zero-order chi connectivity index (χ0) is 15.9. The molecule has 0 fully saturated rings. The number of carbonyl (C=O) groups is 1. The van der Waals surface area contributed by atoms with Gasteiger partial charge >= 0.3 is 5.97 Å². The molecule has 9 heteroatoms. The van der Waals surface area contributed by atoms with Crippen LogP contribution in [0.15, 0.2) is 9.95 Å². The standard InChI is InChI=1S/C12H14N2O5S2/c1-5(2)19-11(16)8-6(3)7-9(15)13-12(21(4,17)18)14-10(7)20-8/h5H,1-4H3,(H,13,14,15). The monoisotopic (exact) mass is 330 g/mol. The van der Waals surface area contributed by atoms with Crippen molar-refractivity contribution in [2.24, 2.45) is 0 Å². The summed E-state index contributed by atoms with van der Waals surface area (Å²) in [7, 11) is -3.64. The molecule has 0 atom stereocenters. The van der Waals surface area contributed by atoms with Crippen LogP contribution in [0, 0.1) is 6.92 Å². The van der Waals surface area contributed by atoms with Crippen molar-refractivity contribution in [3.8, 4) is 0 Å². The number of aromatic amines is 1. The van der Waals surface area contributed by atoms with Gasteiger partial charge in [-0.3, -0.25) is 9.78 Å². The van der Waals surface area contributed by atoms with Gasteiger partial charge in [-0.2, -0.15) is 0 Å². The molecule has 0 aliphatic heterocycles. The molecule has 2 heterocycles. The summed E-state index contributed by atoms with van der Waals surface area (Å²) >= 11 is 0.948. The number of carbonyl (C=O) groups excluding carboxylic acids is 1. The molecule has 114 valence electrons. The molecule has 0 radical (unpaired) electrons. The van der Waals surface area contributed by atoms with E-state index in [4.69, 9.17) is 4.74 Å². The van der Waals surface area contributed by atoms with Gasteiger partial charge in [0.05, 0.1) is 11.5 Å². The van der Waals surface area contributed by atoms with Gasteiger partial charge in [-0.15, -0.1) is 11.3 Å². The SMILES string of the molecule is Cc1c(C(=O)OC(C)C)sc2nc(S(C)(=O)=O)[nH]c(=O)c12. The minimum absolute atomic E-state index is 0.201. The van der Waals surface area contributed by atoms with Gasteiger partial charge in [0.25, 0.3) is 5.56 Å². The molecule has 0 saturated carbocycles. The number of nitrogens with one attached hydrogen (secondary N) is 1. The Hall–Kier alpha value is -1.74. The van der Waals surface area contributed by atoms with Crippen molar-refractivity contribution in [1.29, 1.82) is 0 Å². The van der Waals surface area contributed by atoms with Gasteiger partial charge in [0.15, 0.2) is 0 Å². The fourth-order valence-electron chi connectivity index (χ4n) is 1.76. The number of nitrogens with zero attached hydrogens (tertiary/aromatic N) is 1. The van der Waals surface area contributed by atoms with Gasteiger partial charge in [0.2, 0.25) is 15.0 Å². The number of sulfone groups is 1. The Morgan fingerprint density at radius 2 is 2.00 bits per heavy atom. The number of ether oxygens (including phenoxy) is 1. The summed E-state index contributed by atoms with van der Waals surface area (Å²) in [5, 5.41) is -0.201. The number of hydrogen-bond donors (Lipinski definition) is 1. The second kappa shape index (κ2) is 5.23. The molecular weight excluding hydrogens is 316 g/mol. The van der Waals surface area contributed by atoms with Gasteiger partial charge in [0.1, 0.15) is 9.71 Å². The highest BCUT2D eigenvalue weighted by Gasteiger charge is 2.22. The predicted molar refractivity (Wildman–Crippen MR) is 78.6 cm³/mol. The first-order valence-electron chi connectivity index (χ1n) is 6.05. The highest BCUT2D eigenvalue weighted by atomic mass is 32.2. The topological polar surface area (TPSA) is 106 Å². The molecule has 2 aromatic rings. The molecule has 0 aromatic carbocycles. The Balaban J connectivity index is 2.69. The van der Waals surface area contributed by atoms with Gasteiger partial charge in [-0.05, 0) is 26.3 Å². The van der Waals surface area contributed by atoms with Crippen molar-refractivity contribution >= 4 is 37.4 Å². The number of aromatic nitrogens is 2. The summed E-state index contributed by atoms with van der Waals surface area (Å²) in [5.74, 6) is -0.550. The van der Waals surface area contributed by atoms with E-state index in [2.05, 4.69) is 9.97 Å². The highest BCUT2D eigenvalue weighted by molar-refractivity contribution is 7.90. The van der Waals surface area contributed by atoms with Crippen LogP contribution in [0.4, 0.5) is 0 Å². The Kier molecular flexibility index (Phi) is 3.89. The zero-order valence-corrected chi connectivity index (χ0v) is 13.5. The van der Waals surface area contributed by atoms with Crippen LogP contribution in [-0.2, 0) is 14.6 Å². The van der Waals surface area contributed by atoms with E-state index in [0.717, 1.165) is 17.6 Å².